The fraction of sp³-hybridized carbons (Fsp3) is 0.545. The van der Waals surface area contributed by atoms with E-state index in [9.17, 15) is 14.4 Å². The van der Waals surface area contributed by atoms with Crippen molar-refractivity contribution in [2.45, 2.75) is 79.1 Å². The number of ether oxygens (including phenoxy) is 4. The second-order valence-corrected chi connectivity index (χ2v) is 13.6. The molecule has 250 valence electrons. The maximum absolute atomic E-state index is 13.3. The van der Waals surface area contributed by atoms with Crippen molar-refractivity contribution < 1.29 is 33.3 Å². The molecule has 12 nitrogen and oxygen atoms in total. The summed E-state index contributed by atoms with van der Waals surface area (Å²) in [5.41, 5.74) is 12.0. The molecule has 2 rings (SSSR count). The highest BCUT2D eigenvalue weighted by atomic mass is 16.7. The topological polar surface area (TPSA) is 150 Å². The van der Waals surface area contributed by atoms with Crippen molar-refractivity contribution in [1.29, 1.82) is 0 Å². The second kappa shape index (κ2) is 15.7. The number of benzene rings is 2. The molecule has 0 spiro atoms. The van der Waals surface area contributed by atoms with E-state index in [0.717, 1.165) is 0 Å². The van der Waals surface area contributed by atoms with E-state index in [1.54, 1.807) is 111 Å². The molecule has 0 aliphatic rings. The van der Waals surface area contributed by atoms with Crippen molar-refractivity contribution in [2.24, 2.45) is 0 Å². The molecule has 0 atom stereocenters. The third-order valence-electron chi connectivity index (χ3n) is 5.93. The van der Waals surface area contributed by atoms with Crippen LogP contribution in [0.25, 0.3) is 0 Å². The summed E-state index contributed by atoms with van der Waals surface area (Å²) in [4.78, 5) is 43.8. The molecular weight excluding hydrogens is 578 g/mol. The van der Waals surface area contributed by atoms with E-state index in [1.807, 2.05) is 4.90 Å². The maximum Gasteiger partial charge on any atom is 0.508 e. The predicted octanol–water partition coefficient (Wildman–Crippen LogP) is 6.29. The van der Waals surface area contributed by atoms with Gasteiger partial charge in [-0.3, -0.25) is 14.7 Å². The predicted molar refractivity (Wildman–Crippen MR) is 177 cm³/mol. The van der Waals surface area contributed by atoms with Gasteiger partial charge < -0.3 is 30.4 Å². The first kappa shape index (κ1) is 37.0. The number of rotatable bonds is 11. The van der Waals surface area contributed by atoms with Crippen molar-refractivity contribution in [1.82, 2.24) is 4.90 Å². The smallest absolute Gasteiger partial charge is 0.443 e. The Morgan fingerprint density at radius 3 is 1.24 bits per heavy atom. The zero-order valence-corrected chi connectivity index (χ0v) is 28.2. The maximum atomic E-state index is 13.3. The van der Waals surface area contributed by atoms with Crippen LogP contribution in [0.5, 0.6) is 0 Å². The molecule has 0 aliphatic carbocycles. The van der Waals surface area contributed by atoms with Gasteiger partial charge in [0.05, 0.1) is 0 Å². The number of carbonyl (C=O) groups is 3. The summed E-state index contributed by atoms with van der Waals surface area (Å²) in [7, 11) is 0. The van der Waals surface area contributed by atoms with Crippen LogP contribution in [0.2, 0.25) is 0 Å². The van der Waals surface area contributed by atoms with Gasteiger partial charge in [0.2, 0.25) is 0 Å². The lowest BCUT2D eigenvalue weighted by Gasteiger charge is -2.32. The molecule has 0 fully saturated rings. The summed E-state index contributed by atoms with van der Waals surface area (Å²) in [6.07, 6.45) is -1.82. The number of nitrogen functional groups attached to an aromatic ring is 2. The van der Waals surface area contributed by atoms with E-state index in [4.69, 9.17) is 30.4 Å². The lowest BCUT2D eigenvalue weighted by molar-refractivity contribution is -0.0100. The van der Waals surface area contributed by atoms with Crippen molar-refractivity contribution in [2.75, 3.05) is 60.6 Å². The number of nitrogens with two attached hydrogens (primary N) is 2. The van der Waals surface area contributed by atoms with E-state index in [2.05, 4.69) is 0 Å². The molecule has 2 aromatic rings. The molecule has 0 bridgehead atoms. The Kier molecular flexibility index (Phi) is 12.9. The first-order valence-electron chi connectivity index (χ1n) is 15.0. The largest absolute Gasteiger partial charge is 0.508 e. The van der Waals surface area contributed by atoms with Crippen molar-refractivity contribution in [3.05, 3.63) is 48.5 Å². The highest BCUT2D eigenvalue weighted by molar-refractivity contribution is 5.89. The Morgan fingerprint density at radius 1 is 0.556 bits per heavy atom. The summed E-state index contributed by atoms with van der Waals surface area (Å²) >= 11 is 0. The number of nitrogens with zero attached hydrogens (tertiary/aromatic N) is 3. The van der Waals surface area contributed by atoms with Crippen LogP contribution in [0.1, 0.15) is 62.3 Å². The molecule has 0 saturated carbocycles. The third-order valence-corrected chi connectivity index (χ3v) is 5.93. The van der Waals surface area contributed by atoms with Crippen LogP contribution in [0, 0.1) is 0 Å². The Balaban J connectivity index is 2.30. The fourth-order valence-electron chi connectivity index (χ4n) is 3.95. The first-order valence-corrected chi connectivity index (χ1v) is 15.0. The Morgan fingerprint density at radius 2 is 0.911 bits per heavy atom. The van der Waals surface area contributed by atoms with E-state index in [0.29, 0.717) is 42.4 Å². The lowest BCUT2D eigenvalue weighted by Crippen LogP contribution is -2.46. The fourth-order valence-corrected chi connectivity index (χ4v) is 3.95. The highest BCUT2D eigenvalue weighted by Gasteiger charge is 2.27. The van der Waals surface area contributed by atoms with Crippen LogP contribution in [0.4, 0.5) is 37.1 Å². The highest BCUT2D eigenvalue weighted by Crippen LogP contribution is 2.22. The van der Waals surface area contributed by atoms with Crippen LogP contribution in [-0.2, 0) is 18.9 Å². The molecule has 45 heavy (non-hydrogen) atoms. The SMILES string of the molecule is CC(C)(C)OC(=O)OCCN(CCN(C(=O)OC(C)(C)C)c1ccc(N)cc1)CCN(C(=O)OC(C)(C)C)c1ccc(N)cc1. The van der Waals surface area contributed by atoms with E-state index in [1.165, 1.54) is 9.80 Å². The third kappa shape index (κ3) is 14.4. The summed E-state index contributed by atoms with van der Waals surface area (Å²) in [6.45, 7) is 17.6. The van der Waals surface area contributed by atoms with Gasteiger partial charge in [0.25, 0.3) is 0 Å². The van der Waals surface area contributed by atoms with Gasteiger partial charge >= 0.3 is 18.3 Å². The van der Waals surface area contributed by atoms with Gasteiger partial charge in [-0.1, -0.05) is 0 Å². The number of carbonyl (C=O) groups excluding carboxylic acids is 3. The van der Waals surface area contributed by atoms with E-state index >= 15 is 0 Å². The Labute approximate surface area is 267 Å². The van der Waals surface area contributed by atoms with Crippen LogP contribution in [-0.4, -0.2) is 79.4 Å². The number of anilines is 4. The van der Waals surface area contributed by atoms with E-state index < -0.39 is 35.1 Å². The second-order valence-electron chi connectivity index (χ2n) is 13.6. The van der Waals surface area contributed by atoms with Crippen LogP contribution >= 0.6 is 0 Å². The van der Waals surface area contributed by atoms with Crippen LogP contribution in [0.3, 0.4) is 0 Å². The summed E-state index contributed by atoms with van der Waals surface area (Å²) in [6, 6.07) is 13.9. The molecular formula is C33H51N5O7. The van der Waals surface area contributed by atoms with Crippen LogP contribution in [0.15, 0.2) is 48.5 Å². The summed E-state index contributed by atoms with van der Waals surface area (Å²) < 4.78 is 22.0. The van der Waals surface area contributed by atoms with Crippen LogP contribution < -0.4 is 21.3 Å². The molecule has 2 amide bonds. The molecule has 0 saturated heterocycles. The average Bonchev–Trinajstić information content (AvgIpc) is 2.87. The molecule has 0 heterocycles. The molecule has 0 aliphatic heterocycles. The number of hydrogen-bond donors (Lipinski definition) is 2. The number of hydrogen-bond acceptors (Lipinski definition) is 10. The molecule has 4 N–H and O–H groups in total. The zero-order valence-electron chi connectivity index (χ0n) is 28.2. The standard InChI is InChI=1S/C33H51N5O7/c1-31(2,3)43-28(39)37(26-14-10-24(34)11-15-26)20-18-36(22-23-42-30(41)45-33(7,8)9)19-21-38(29(40)44-32(4,5)6)27-16-12-25(35)13-17-27/h10-17H,18-23,34-35H2,1-9H3. The van der Waals surface area contributed by atoms with Crippen molar-refractivity contribution in [3.8, 4) is 0 Å². The molecule has 12 heteroatoms. The minimum Gasteiger partial charge on any atom is -0.443 e. The molecule has 0 aromatic heterocycles. The van der Waals surface area contributed by atoms with Gasteiger partial charge in [0.1, 0.15) is 23.4 Å². The molecule has 0 unspecified atom stereocenters. The monoisotopic (exact) mass is 629 g/mol. The Bertz CT molecular complexity index is 1170. The normalized spacial score (nSPS) is 12.0. The molecule has 0 radical (unpaired) electrons. The van der Waals surface area contributed by atoms with Gasteiger partial charge in [0.15, 0.2) is 0 Å². The van der Waals surface area contributed by atoms with Gasteiger partial charge in [-0.15, -0.1) is 0 Å². The van der Waals surface area contributed by atoms with Gasteiger partial charge in [-0.2, -0.15) is 0 Å². The average molecular weight is 630 g/mol. The summed E-state index contributed by atoms with van der Waals surface area (Å²) in [5, 5.41) is 0. The minimum absolute atomic E-state index is 0.0253. The quantitative estimate of drug-likeness (QED) is 0.165. The van der Waals surface area contributed by atoms with Crippen molar-refractivity contribution in [3.63, 3.8) is 0 Å². The lowest BCUT2D eigenvalue weighted by atomic mass is 10.2. The zero-order chi connectivity index (χ0) is 34.0. The Hall–Kier alpha value is -4.19. The number of amides is 2. The first-order chi connectivity index (χ1) is 20.7. The van der Waals surface area contributed by atoms with E-state index in [-0.39, 0.29) is 19.7 Å². The molecule has 2 aromatic carbocycles. The van der Waals surface area contributed by atoms with Gasteiger partial charge in [-0.25, -0.2) is 14.4 Å². The van der Waals surface area contributed by atoms with Gasteiger partial charge in [-0.05, 0) is 111 Å². The van der Waals surface area contributed by atoms with Gasteiger partial charge in [0, 0.05) is 55.5 Å². The minimum atomic E-state index is -0.781. The summed E-state index contributed by atoms with van der Waals surface area (Å²) in [5.74, 6) is 0. The van der Waals surface area contributed by atoms with Crippen molar-refractivity contribution >= 4 is 41.1 Å².